The van der Waals surface area contributed by atoms with Crippen LogP contribution in [0.5, 0.6) is 0 Å². The molecule has 1 saturated heterocycles. The second-order valence-corrected chi connectivity index (χ2v) is 10.0. The molecule has 3 amide bonds. The molecule has 31 heavy (non-hydrogen) atoms. The van der Waals surface area contributed by atoms with E-state index in [0.717, 1.165) is 0 Å². The van der Waals surface area contributed by atoms with Gasteiger partial charge in [-0.05, 0) is 58.3 Å². The van der Waals surface area contributed by atoms with Crippen LogP contribution in [0.15, 0.2) is 0 Å². The average Bonchev–Trinajstić information content (AvgIpc) is 3.07. The number of carboxylic acids is 1. The SMILES string of the molecule is CC(C)C[C@H](NC(=O)OC(C)(C)C)C(=O)N[C@@H](CC(C)C)C(=O)N1CCC[C@H]1C(=O)O. The van der Waals surface area contributed by atoms with Crippen LogP contribution < -0.4 is 10.6 Å². The maximum atomic E-state index is 13.1. The predicted molar refractivity (Wildman–Crippen MR) is 116 cm³/mol. The van der Waals surface area contributed by atoms with Crippen molar-refractivity contribution < 1.29 is 29.0 Å². The van der Waals surface area contributed by atoms with Crippen molar-refractivity contribution in [1.82, 2.24) is 15.5 Å². The highest BCUT2D eigenvalue weighted by Gasteiger charge is 2.38. The Bertz CT molecular complexity index is 656. The summed E-state index contributed by atoms with van der Waals surface area (Å²) in [6.07, 6.45) is 1.05. The number of ether oxygens (including phenoxy) is 1. The molecule has 3 atom stereocenters. The molecule has 0 radical (unpaired) electrons. The average molecular weight is 442 g/mol. The highest BCUT2D eigenvalue weighted by atomic mass is 16.6. The Labute approximate surface area is 185 Å². The fourth-order valence-electron chi connectivity index (χ4n) is 3.61. The molecule has 1 aliphatic heterocycles. The topological polar surface area (TPSA) is 125 Å². The fourth-order valence-corrected chi connectivity index (χ4v) is 3.61. The summed E-state index contributed by atoms with van der Waals surface area (Å²) in [6.45, 7) is 13.3. The molecule has 1 heterocycles. The van der Waals surface area contributed by atoms with Gasteiger partial charge in [-0.1, -0.05) is 27.7 Å². The minimum absolute atomic E-state index is 0.0995. The molecule has 0 bridgehead atoms. The molecule has 1 rings (SSSR count). The zero-order chi connectivity index (χ0) is 23.9. The van der Waals surface area contributed by atoms with Gasteiger partial charge < -0.3 is 25.4 Å². The second-order valence-electron chi connectivity index (χ2n) is 10.0. The lowest BCUT2D eigenvalue weighted by atomic mass is 9.99. The third-order valence-electron chi connectivity index (χ3n) is 4.86. The first kappa shape index (κ1) is 26.7. The van der Waals surface area contributed by atoms with E-state index in [1.807, 2.05) is 27.7 Å². The van der Waals surface area contributed by atoms with Crippen molar-refractivity contribution in [2.24, 2.45) is 11.8 Å². The fraction of sp³-hybridized carbons (Fsp3) is 0.818. The van der Waals surface area contributed by atoms with Gasteiger partial charge in [0.1, 0.15) is 23.7 Å². The van der Waals surface area contributed by atoms with Crippen LogP contribution in [0.4, 0.5) is 4.79 Å². The molecule has 9 nitrogen and oxygen atoms in total. The number of carbonyl (C=O) groups excluding carboxylic acids is 3. The van der Waals surface area contributed by atoms with Gasteiger partial charge in [-0.3, -0.25) is 9.59 Å². The van der Waals surface area contributed by atoms with E-state index in [0.29, 0.717) is 32.2 Å². The van der Waals surface area contributed by atoms with Gasteiger partial charge in [-0.25, -0.2) is 9.59 Å². The van der Waals surface area contributed by atoms with E-state index in [1.54, 1.807) is 20.8 Å². The predicted octanol–water partition coefficient (Wildman–Crippen LogP) is 2.53. The lowest BCUT2D eigenvalue weighted by molar-refractivity contribution is -0.149. The third kappa shape index (κ3) is 9.14. The standard InChI is InChI=1S/C22H39N3O6/c1-13(2)11-15(24-21(30)31-22(5,6)7)18(26)23-16(12-14(3)4)19(27)25-10-8-9-17(25)20(28)29/h13-17H,8-12H2,1-7H3,(H,23,26)(H,24,30)(H,28,29)/t15-,16-,17-/m0/s1. The summed E-state index contributed by atoms with van der Waals surface area (Å²) < 4.78 is 5.27. The molecule has 178 valence electrons. The zero-order valence-corrected chi connectivity index (χ0v) is 19.9. The Morgan fingerprint density at radius 2 is 1.55 bits per heavy atom. The van der Waals surface area contributed by atoms with E-state index in [9.17, 15) is 24.3 Å². The number of carboxylic acid groups (broad SMARTS) is 1. The summed E-state index contributed by atoms with van der Waals surface area (Å²) in [5, 5.41) is 14.8. The number of carbonyl (C=O) groups is 4. The Kier molecular flexibility index (Phi) is 9.77. The van der Waals surface area contributed by atoms with Gasteiger partial charge in [0, 0.05) is 6.54 Å². The molecule has 0 aromatic carbocycles. The molecular weight excluding hydrogens is 402 g/mol. The molecule has 3 N–H and O–H groups in total. The highest BCUT2D eigenvalue weighted by Crippen LogP contribution is 2.20. The minimum atomic E-state index is -1.04. The number of hydrogen-bond acceptors (Lipinski definition) is 5. The van der Waals surface area contributed by atoms with Crippen molar-refractivity contribution in [2.45, 2.75) is 97.9 Å². The summed E-state index contributed by atoms with van der Waals surface area (Å²) in [6, 6.07) is -2.60. The van der Waals surface area contributed by atoms with Crippen molar-refractivity contribution in [3.63, 3.8) is 0 Å². The van der Waals surface area contributed by atoms with Gasteiger partial charge >= 0.3 is 12.1 Å². The summed E-state index contributed by atoms with van der Waals surface area (Å²) in [5.74, 6) is -1.70. The number of amides is 3. The first-order valence-corrected chi connectivity index (χ1v) is 11.0. The molecule has 1 aliphatic rings. The zero-order valence-electron chi connectivity index (χ0n) is 19.9. The summed E-state index contributed by atoms with van der Waals surface area (Å²) in [5.41, 5.74) is -0.708. The molecule has 0 aliphatic carbocycles. The van der Waals surface area contributed by atoms with E-state index in [4.69, 9.17) is 4.74 Å². The maximum absolute atomic E-state index is 13.1. The van der Waals surface area contributed by atoms with Crippen LogP contribution in [0.3, 0.4) is 0 Å². The molecule has 0 spiro atoms. The van der Waals surface area contributed by atoms with E-state index >= 15 is 0 Å². The summed E-state index contributed by atoms with van der Waals surface area (Å²) in [4.78, 5) is 51.2. The molecular formula is C22H39N3O6. The number of alkyl carbamates (subject to hydrolysis) is 1. The molecule has 0 aromatic rings. The van der Waals surface area contributed by atoms with E-state index in [2.05, 4.69) is 10.6 Å². The first-order valence-electron chi connectivity index (χ1n) is 11.0. The van der Waals surface area contributed by atoms with E-state index in [1.165, 1.54) is 4.90 Å². The molecule has 1 fully saturated rings. The quantitative estimate of drug-likeness (QED) is 0.505. The molecule has 9 heteroatoms. The number of rotatable bonds is 9. The number of nitrogens with one attached hydrogen (secondary N) is 2. The van der Waals surface area contributed by atoms with Gasteiger partial charge in [0.25, 0.3) is 0 Å². The summed E-state index contributed by atoms with van der Waals surface area (Å²) in [7, 11) is 0. The molecule has 0 unspecified atom stereocenters. The second kappa shape index (κ2) is 11.3. The lowest BCUT2D eigenvalue weighted by Crippen LogP contribution is -2.56. The van der Waals surface area contributed by atoms with Crippen LogP contribution in [-0.4, -0.2) is 64.2 Å². The van der Waals surface area contributed by atoms with Gasteiger partial charge in [-0.15, -0.1) is 0 Å². The Balaban J connectivity index is 2.98. The highest BCUT2D eigenvalue weighted by molar-refractivity contribution is 5.93. The number of nitrogens with zero attached hydrogens (tertiary/aromatic N) is 1. The Morgan fingerprint density at radius 1 is 1.00 bits per heavy atom. The van der Waals surface area contributed by atoms with E-state index in [-0.39, 0.29) is 11.8 Å². The van der Waals surface area contributed by atoms with Crippen LogP contribution in [0, 0.1) is 11.8 Å². The summed E-state index contributed by atoms with van der Waals surface area (Å²) >= 11 is 0. The van der Waals surface area contributed by atoms with Gasteiger partial charge in [0.05, 0.1) is 0 Å². The van der Waals surface area contributed by atoms with E-state index < -0.39 is 47.6 Å². The van der Waals surface area contributed by atoms with Crippen molar-refractivity contribution in [3.8, 4) is 0 Å². The van der Waals surface area contributed by atoms with Crippen LogP contribution in [-0.2, 0) is 19.1 Å². The number of likely N-dealkylation sites (tertiary alicyclic amines) is 1. The monoisotopic (exact) mass is 441 g/mol. The van der Waals surface area contributed by atoms with Crippen LogP contribution in [0.2, 0.25) is 0 Å². The lowest BCUT2D eigenvalue weighted by Gasteiger charge is -2.30. The number of hydrogen-bond donors (Lipinski definition) is 3. The minimum Gasteiger partial charge on any atom is -0.480 e. The van der Waals surface area contributed by atoms with Crippen LogP contribution in [0.1, 0.15) is 74.1 Å². The molecule has 0 aromatic heterocycles. The van der Waals surface area contributed by atoms with Crippen molar-refractivity contribution in [3.05, 3.63) is 0 Å². The van der Waals surface area contributed by atoms with Crippen molar-refractivity contribution in [2.75, 3.05) is 6.54 Å². The van der Waals surface area contributed by atoms with Gasteiger partial charge in [0.15, 0.2) is 0 Å². The maximum Gasteiger partial charge on any atom is 0.408 e. The smallest absolute Gasteiger partial charge is 0.408 e. The normalized spacial score (nSPS) is 18.6. The largest absolute Gasteiger partial charge is 0.480 e. The van der Waals surface area contributed by atoms with Crippen LogP contribution >= 0.6 is 0 Å². The first-order chi connectivity index (χ1) is 14.2. The molecule has 0 saturated carbocycles. The van der Waals surface area contributed by atoms with Crippen molar-refractivity contribution >= 4 is 23.9 Å². The van der Waals surface area contributed by atoms with Crippen LogP contribution in [0.25, 0.3) is 0 Å². The van der Waals surface area contributed by atoms with Crippen molar-refractivity contribution in [1.29, 1.82) is 0 Å². The Hall–Kier alpha value is -2.32. The van der Waals surface area contributed by atoms with Gasteiger partial charge in [0.2, 0.25) is 11.8 Å². The van der Waals surface area contributed by atoms with Gasteiger partial charge in [-0.2, -0.15) is 0 Å². The number of aliphatic carboxylic acids is 1. The Morgan fingerprint density at radius 3 is 2.03 bits per heavy atom. The third-order valence-corrected chi connectivity index (χ3v) is 4.86.